The van der Waals surface area contributed by atoms with Gasteiger partial charge in [-0.25, -0.2) is 10.4 Å². The highest BCUT2D eigenvalue weighted by Crippen LogP contribution is 2.21. The zero-order valence-corrected chi connectivity index (χ0v) is 17.7. The maximum atomic E-state index is 13.1. The molecule has 6 nitrogen and oxygen atoms in total. The van der Waals surface area contributed by atoms with Crippen LogP contribution in [0.25, 0.3) is 16.6 Å². The van der Waals surface area contributed by atoms with E-state index in [0.717, 1.165) is 10.6 Å². The molecule has 1 N–H and O–H groups in total. The fraction of sp³-hybridized carbons (Fsp3) is 0.0909. The highest BCUT2D eigenvalue weighted by molar-refractivity contribution is 7.99. The Labute approximate surface area is 181 Å². The lowest BCUT2D eigenvalue weighted by atomic mass is 10.2. The van der Waals surface area contributed by atoms with Gasteiger partial charge in [0.15, 0.2) is 5.16 Å². The van der Waals surface area contributed by atoms with Crippen LogP contribution >= 0.6 is 23.1 Å². The van der Waals surface area contributed by atoms with E-state index < -0.39 is 0 Å². The first-order valence-corrected chi connectivity index (χ1v) is 11.1. The van der Waals surface area contributed by atoms with Crippen molar-refractivity contribution >= 4 is 45.6 Å². The molecule has 2 heterocycles. The maximum Gasteiger partial charge on any atom is 0.266 e. The number of aromatic nitrogens is 2. The summed E-state index contributed by atoms with van der Waals surface area (Å²) in [6, 6.07) is 20.4. The Morgan fingerprint density at radius 3 is 2.63 bits per heavy atom. The van der Waals surface area contributed by atoms with Crippen molar-refractivity contribution in [2.24, 2.45) is 5.10 Å². The van der Waals surface area contributed by atoms with Crippen LogP contribution < -0.4 is 11.0 Å². The predicted octanol–water partition coefficient (Wildman–Crippen LogP) is 4.08. The molecule has 8 heteroatoms. The van der Waals surface area contributed by atoms with Crippen LogP contribution in [0.4, 0.5) is 0 Å². The van der Waals surface area contributed by atoms with Crippen LogP contribution in [0, 0.1) is 0 Å². The molecule has 4 aromatic rings. The SMILES string of the molecule is C/C(=N/NC(=O)CSc1nc2ccccc2c(=O)n1-c1ccccc1)c1cccs1. The number of nitrogens with one attached hydrogen (secondary N) is 1. The lowest BCUT2D eigenvalue weighted by molar-refractivity contribution is -0.118. The molecule has 0 radical (unpaired) electrons. The van der Waals surface area contributed by atoms with Crippen LogP contribution in [-0.2, 0) is 4.79 Å². The molecule has 0 aliphatic heterocycles. The Kier molecular flexibility index (Phi) is 6.06. The minimum Gasteiger partial charge on any atom is -0.272 e. The molecule has 2 aromatic heterocycles. The molecule has 150 valence electrons. The summed E-state index contributed by atoms with van der Waals surface area (Å²) in [6.07, 6.45) is 0. The third-order valence-corrected chi connectivity index (χ3v) is 6.23. The van der Waals surface area contributed by atoms with Crippen LogP contribution in [0.1, 0.15) is 11.8 Å². The van der Waals surface area contributed by atoms with Gasteiger partial charge in [0.25, 0.3) is 11.5 Å². The van der Waals surface area contributed by atoms with Gasteiger partial charge in [0.2, 0.25) is 0 Å². The summed E-state index contributed by atoms with van der Waals surface area (Å²) in [7, 11) is 0. The van der Waals surface area contributed by atoms with E-state index in [9.17, 15) is 9.59 Å². The lowest BCUT2D eigenvalue weighted by Crippen LogP contribution is -2.24. The fourth-order valence-electron chi connectivity index (χ4n) is 2.86. The van der Waals surface area contributed by atoms with E-state index >= 15 is 0 Å². The van der Waals surface area contributed by atoms with Crippen molar-refractivity contribution in [3.05, 3.63) is 87.3 Å². The van der Waals surface area contributed by atoms with Gasteiger partial charge >= 0.3 is 0 Å². The average molecular weight is 435 g/mol. The topological polar surface area (TPSA) is 76.3 Å². The number of hydrogen-bond acceptors (Lipinski definition) is 6. The lowest BCUT2D eigenvalue weighted by Gasteiger charge is -2.12. The number of rotatable bonds is 6. The molecule has 0 unspecified atom stereocenters. The third-order valence-electron chi connectivity index (χ3n) is 4.32. The van der Waals surface area contributed by atoms with Gasteiger partial charge in [-0.3, -0.25) is 14.2 Å². The van der Waals surface area contributed by atoms with Crippen molar-refractivity contribution in [2.75, 3.05) is 5.75 Å². The number of thiophene rings is 1. The molecule has 4 rings (SSSR count). The largest absolute Gasteiger partial charge is 0.272 e. The Morgan fingerprint density at radius 2 is 1.87 bits per heavy atom. The predicted molar refractivity (Wildman–Crippen MR) is 123 cm³/mol. The third kappa shape index (κ3) is 4.34. The van der Waals surface area contributed by atoms with E-state index in [0.29, 0.717) is 21.7 Å². The van der Waals surface area contributed by atoms with Crippen LogP contribution in [0.3, 0.4) is 0 Å². The number of amides is 1. The molecule has 2 aromatic carbocycles. The summed E-state index contributed by atoms with van der Waals surface area (Å²) in [5.41, 5.74) is 4.46. The van der Waals surface area contributed by atoms with E-state index in [1.54, 1.807) is 28.0 Å². The number of benzene rings is 2. The second kappa shape index (κ2) is 9.06. The van der Waals surface area contributed by atoms with E-state index in [-0.39, 0.29) is 17.2 Å². The Morgan fingerprint density at radius 1 is 1.10 bits per heavy atom. The van der Waals surface area contributed by atoms with E-state index in [1.807, 2.05) is 66.9 Å². The van der Waals surface area contributed by atoms with Crippen LogP contribution in [-0.4, -0.2) is 26.9 Å². The molecular weight excluding hydrogens is 416 g/mol. The van der Waals surface area contributed by atoms with Crippen molar-refractivity contribution in [3.8, 4) is 5.69 Å². The molecule has 0 atom stereocenters. The molecule has 0 aliphatic rings. The fourth-order valence-corrected chi connectivity index (χ4v) is 4.34. The van der Waals surface area contributed by atoms with Gasteiger partial charge in [-0.1, -0.05) is 48.2 Å². The zero-order chi connectivity index (χ0) is 20.9. The van der Waals surface area contributed by atoms with Crippen molar-refractivity contribution in [3.63, 3.8) is 0 Å². The second-order valence-electron chi connectivity index (χ2n) is 6.39. The molecule has 0 saturated heterocycles. The first-order valence-electron chi connectivity index (χ1n) is 9.20. The quantitative estimate of drug-likeness (QED) is 0.215. The monoisotopic (exact) mass is 434 g/mol. The number of hydrogen-bond donors (Lipinski definition) is 1. The highest BCUT2D eigenvalue weighted by Gasteiger charge is 2.14. The standard InChI is InChI=1S/C22H18N4O2S2/c1-15(19-12-7-13-29-19)24-25-20(27)14-30-22-23-18-11-6-5-10-17(18)21(28)26(22)16-8-3-2-4-9-16/h2-13H,14H2,1H3,(H,25,27)/b24-15-. The van der Waals surface area contributed by atoms with Gasteiger partial charge in [0.1, 0.15) is 0 Å². The minimum atomic E-state index is -0.266. The first kappa shape index (κ1) is 20.1. The van der Waals surface area contributed by atoms with Crippen LogP contribution in [0.2, 0.25) is 0 Å². The van der Waals surface area contributed by atoms with Crippen molar-refractivity contribution in [1.29, 1.82) is 0 Å². The van der Waals surface area contributed by atoms with Crippen molar-refractivity contribution < 1.29 is 4.79 Å². The number of fused-ring (bicyclic) bond motifs is 1. The molecular formula is C22H18N4O2S2. The van der Waals surface area contributed by atoms with Crippen molar-refractivity contribution in [2.45, 2.75) is 12.1 Å². The summed E-state index contributed by atoms with van der Waals surface area (Å²) in [5, 5.41) is 7.10. The summed E-state index contributed by atoms with van der Waals surface area (Å²) in [5.74, 6) is -0.184. The zero-order valence-electron chi connectivity index (χ0n) is 16.1. The summed E-state index contributed by atoms with van der Waals surface area (Å²) >= 11 is 2.76. The molecule has 1 amide bonds. The highest BCUT2D eigenvalue weighted by atomic mass is 32.2. The van der Waals surface area contributed by atoms with Crippen molar-refractivity contribution in [1.82, 2.24) is 15.0 Å². The Bertz CT molecular complexity index is 1270. The summed E-state index contributed by atoms with van der Waals surface area (Å²) < 4.78 is 1.54. The van der Waals surface area contributed by atoms with Gasteiger partial charge in [0.05, 0.1) is 28.1 Å². The van der Waals surface area contributed by atoms with E-state index in [1.165, 1.54) is 11.8 Å². The number of nitrogens with zero attached hydrogens (tertiary/aromatic N) is 3. The number of thioether (sulfide) groups is 1. The Balaban J connectivity index is 1.60. The summed E-state index contributed by atoms with van der Waals surface area (Å²) in [4.78, 5) is 31.1. The maximum absolute atomic E-state index is 13.1. The van der Waals surface area contributed by atoms with E-state index in [2.05, 4.69) is 15.5 Å². The normalized spacial score (nSPS) is 11.6. The van der Waals surface area contributed by atoms with Crippen LogP contribution in [0.15, 0.2) is 87.2 Å². The summed E-state index contributed by atoms with van der Waals surface area (Å²) in [6.45, 7) is 1.84. The smallest absolute Gasteiger partial charge is 0.266 e. The molecule has 30 heavy (non-hydrogen) atoms. The first-order chi connectivity index (χ1) is 14.6. The van der Waals surface area contributed by atoms with Crippen LogP contribution in [0.5, 0.6) is 0 Å². The van der Waals surface area contributed by atoms with Gasteiger partial charge in [-0.15, -0.1) is 11.3 Å². The average Bonchev–Trinajstić information content (AvgIpc) is 3.32. The van der Waals surface area contributed by atoms with Gasteiger partial charge in [0, 0.05) is 4.88 Å². The molecule has 0 aliphatic carbocycles. The molecule has 0 saturated carbocycles. The number of para-hydroxylation sites is 2. The molecule has 0 spiro atoms. The number of carbonyl (C=O) groups is 1. The Hall–Kier alpha value is -3.23. The van der Waals surface area contributed by atoms with Gasteiger partial charge in [-0.2, -0.15) is 5.10 Å². The van der Waals surface area contributed by atoms with Gasteiger partial charge < -0.3 is 0 Å². The van der Waals surface area contributed by atoms with Gasteiger partial charge in [-0.05, 0) is 42.6 Å². The number of carbonyl (C=O) groups excluding carboxylic acids is 1. The second-order valence-corrected chi connectivity index (χ2v) is 8.28. The molecule has 0 fully saturated rings. The van der Waals surface area contributed by atoms with E-state index in [4.69, 9.17) is 0 Å². The number of hydrazone groups is 1. The minimum absolute atomic E-state index is 0.0822. The molecule has 0 bridgehead atoms.